The molecule has 2 amide bonds. The first-order chi connectivity index (χ1) is 17.1. The van der Waals surface area contributed by atoms with Gasteiger partial charge in [-0.1, -0.05) is 5.16 Å². The molecule has 2 heterocycles. The molecule has 2 fully saturated rings. The number of amides is 2. The summed E-state index contributed by atoms with van der Waals surface area (Å²) >= 11 is 0. The second kappa shape index (κ2) is 10.6. The van der Waals surface area contributed by atoms with Crippen LogP contribution in [0.5, 0.6) is 0 Å². The third-order valence-corrected chi connectivity index (χ3v) is 6.53. The second-order valence-corrected chi connectivity index (χ2v) is 10.3. The normalized spacial score (nSPS) is 20.8. The summed E-state index contributed by atoms with van der Waals surface area (Å²) in [6.45, 7) is 6.18. The zero-order valence-electron chi connectivity index (χ0n) is 20.6. The van der Waals surface area contributed by atoms with Gasteiger partial charge in [-0.3, -0.25) is 9.59 Å². The Kier molecular flexibility index (Phi) is 7.70. The van der Waals surface area contributed by atoms with E-state index in [0.717, 1.165) is 19.2 Å². The van der Waals surface area contributed by atoms with Crippen molar-refractivity contribution in [3.05, 3.63) is 41.3 Å². The van der Waals surface area contributed by atoms with Crippen molar-refractivity contribution in [2.75, 3.05) is 33.4 Å². The predicted molar refractivity (Wildman–Crippen MR) is 124 cm³/mol. The third-order valence-electron chi connectivity index (χ3n) is 6.53. The monoisotopic (exact) mass is 508 g/mol. The van der Waals surface area contributed by atoms with Gasteiger partial charge >= 0.3 is 0 Å². The van der Waals surface area contributed by atoms with E-state index in [-0.39, 0.29) is 17.4 Å². The molecular weight excluding hydrogens is 477 g/mol. The van der Waals surface area contributed by atoms with Gasteiger partial charge in [-0.2, -0.15) is 0 Å². The number of benzene rings is 1. The van der Waals surface area contributed by atoms with Crippen molar-refractivity contribution < 1.29 is 32.0 Å². The molecule has 2 aromatic rings. The predicted octanol–water partition coefficient (Wildman–Crippen LogP) is 3.13. The molecule has 1 saturated heterocycles. The molecule has 0 radical (unpaired) electrons. The lowest BCUT2D eigenvalue weighted by molar-refractivity contribution is -0.130. The van der Waals surface area contributed by atoms with E-state index >= 15 is 0 Å². The maximum Gasteiger partial charge on any atom is 0.273 e. The Bertz CT molecular complexity index is 1100. The van der Waals surface area contributed by atoms with Gasteiger partial charge in [-0.15, -0.1) is 0 Å². The van der Waals surface area contributed by atoms with Gasteiger partial charge in [0.1, 0.15) is 17.5 Å². The number of aromatic nitrogens is 1. The number of hydrogen-bond donors (Lipinski definition) is 2. The molecule has 36 heavy (non-hydrogen) atoms. The van der Waals surface area contributed by atoms with Crippen LogP contribution in [-0.2, 0) is 9.53 Å². The van der Waals surface area contributed by atoms with Gasteiger partial charge in [-0.05, 0) is 39.0 Å². The quantitative estimate of drug-likeness (QED) is 0.540. The maximum absolute atomic E-state index is 14.1. The minimum absolute atomic E-state index is 0.195. The second-order valence-electron chi connectivity index (χ2n) is 10.3. The Morgan fingerprint density at radius 1 is 1.17 bits per heavy atom. The summed E-state index contributed by atoms with van der Waals surface area (Å²) in [6, 6.07) is 1.65. The molecular formula is C25H31F3N4O4. The number of rotatable bonds is 9. The van der Waals surface area contributed by atoms with Crippen molar-refractivity contribution in [1.82, 2.24) is 20.7 Å². The lowest BCUT2D eigenvalue weighted by Crippen LogP contribution is -2.59. The van der Waals surface area contributed by atoms with Crippen LogP contribution in [0.2, 0.25) is 0 Å². The van der Waals surface area contributed by atoms with Crippen LogP contribution in [0.15, 0.2) is 22.7 Å². The SMILES string of the molecule is COCC(C)(C)NC(=O)[C@H]1CN(CC2CC2)CC[C@@H]1NC(=O)c1cc(-c2c(F)cc(F)cc2F)on1. The highest BCUT2D eigenvalue weighted by molar-refractivity contribution is 5.94. The van der Waals surface area contributed by atoms with E-state index in [4.69, 9.17) is 9.26 Å². The summed E-state index contributed by atoms with van der Waals surface area (Å²) in [5, 5.41) is 9.50. The van der Waals surface area contributed by atoms with Crippen LogP contribution in [0.4, 0.5) is 13.2 Å². The summed E-state index contributed by atoms with van der Waals surface area (Å²) in [4.78, 5) is 28.5. The average Bonchev–Trinajstić information content (AvgIpc) is 3.46. The molecule has 0 unspecified atom stereocenters. The molecule has 196 valence electrons. The highest BCUT2D eigenvalue weighted by Gasteiger charge is 2.39. The smallest absolute Gasteiger partial charge is 0.273 e. The van der Waals surface area contributed by atoms with Gasteiger partial charge in [0.15, 0.2) is 11.5 Å². The van der Waals surface area contributed by atoms with E-state index in [1.807, 2.05) is 13.8 Å². The van der Waals surface area contributed by atoms with Gasteiger partial charge in [0.2, 0.25) is 5.91 Å². The highest BCUT2D eigenvalue weighted by atomic mass is 19.1. The summed E-state index contributed by atoms with van der Waals surface area (Å²) < 4.78 is 51.6. The summed E-state index contributed by atoms with van der Waals surface area (Å²) in [5.74, 6) is -4.45. The first-order valence-corrected chi connectivity index (χ1v) is 12.0. The zero-order valence-corrected chi connectivity index (χ0v) is 20.6. The third kappa shape index (κ3) is 6.25. The maximum atomic E-state index is 14.1. The molecule has 1 aromatic heterocycles. The molecule has 2 aliphatic rings. The Labute approximate surface area is 207 Å². The molecule has 0 spiro atoms. The summed E-state index contributed by atoms with van der Waals surface area (Å²) in [7, 11) is 1.56. The fraction of sp³-hybridized carbons (Fsp3) is 0.560. The van der Waals surface area contributed by atoms with E-state index in [2.05, 4.69) is 20.7 Å². The molecule has 0 bridgehead atoms. The Hall–Kier alpha value is -2.92. The minimum atomic E-state index is -1.17. The number of methoxy groups -OCH3 is 1. The van der Waals surface area contributed by atoms with Crippen LogP contribution in [-0.4, -0.2) is 66.8 Å². The number of nitrogens with one attached hydrogen (secondary N) is 2. The van der Waals surface area contributed by atoms with Gasteiger partial charge in [-0.25, -0.2) is 13.2 Å². The van der Waals surface area contributed by atoms with E-state index in [1.165, 1.54) is 12.8 Å². The van der Waals surface area contributed by atoms with Crippen molar-refractivity contribution in [2.45, 2.75) is 44.7 Å². The van der Waals surface area contributed by atoms with Crippen LogP contribution < -0.4 is 10.6 Å². The molecule has 8 nitrogen and oxygen atoms in total. The molecule has 1 aliphatic carbocycles. The largest absolute Gasteiger partial charge is 0.382 e. The number of likely N-dealkylation sites (tertiary alicyclic amines) is 1. The molecule has 1 saturated carbocycles. The number of halogens is 3. The highest BCUT2D eigenvalue weighted by Crippen LogP contribution is 2.32. The van der Waals surface area contributed by atoms with Crippen molar-refractivity contribution in [1.29, 1.82) is 0 Å². The van der Waals surface area contributed by atoms with Gasteiger partial charge in [0, 0.05) is 51.0 Å². The molecule has 1 aliphatic heterocycles. The van der Waals surface area contributed by atoms with E-state index in [9.17, 15) is 22.8 Å². The summed E-state index contributed by atoms with van der Waals surface area (Å²) in [5.41, 5.74) is -1.41. The van der Waals surface area contributed by atoms with Crippen molar-refractivity contribution >= 4 is 11.8 Å². The number of hydrogen-bond acceptors (Lipinski definition) is 6. The van der Waals surface area contributed by atoms with Crippen molar-refractivity contribution in [3.8, 4) is 11.3 Å². The van der Waals surface area contributed by atoms with E-state index in [0.29, 0.717) is 37.6 Å². The number of carbonyl (C=O) groups is 2. The first kappa shape index (κ1) is 26.2. The van der Waals surface area contributed by atoms with Crippen LogP contribution >= 0.6 is 0 Å². The first-order valence-electron chi connectivity index (χ1n) is 12.0. The standard InChI is InChI=1S/C25H31F3N4O4/c1-25(2,13-35-3)30-23(33)16-12-32(11-14-4-5-14)7-6-19(16)29-24(34)20-10-21(36-31-20)22-17(27)8-15(26)9-18(22)28/h8-10,14,16,19H,4-7,11-13H2,1-3H3,(H,29,34)(H,30,33)/t16-,19-/m0/s1. The van der Waals surface area contributed by atoms with Gasteiger partial charge < -0.3 is 24.8 Å². The lowest BCUT2D eigenvalue weighted by atomic mass is 9.89. The molecule has 11 heteroatoms. The topological polar surface area (TPSA) is 96.7 Å². The van der Waals surface area contributed by atoms with E-state index in [1.54, 1.807) is 7.11 Å². The van der Waals surface area contributed by atoms with Gasteiger partial charge in [0.25, 0.3) is 5.91 Å². The van der Waals surface area contributed by atoms with Crippen molar-refractivity contribution in [2.24, 2.45) is 11.8 Å². The fourth-order valence-electron chi connectivity index (χ4n) is 4.63. The Morgan fingerprint density at radius 3 is 2.50 bits per heavy atom. The molecule has 1 aromatic carbocycles. The van der Waals surface area contributed by atoms with Crippen molar-refractivity contribution in [3.63, 3.8) is 0 Å². The Balaban J connectivity index is 1.48. The van der Waals surface area contributed by atoms with Gasteiger partial charge in [0.05, 0.1) is 23.6 Å². The number of ether oxygens (including phenoxy) is 1. The summed E-state index contributed by atoms with van der Waals surface area (Å²) in [6.07, 6.45) is 2.93. The van der Waals surface area contributed by atoms with Crippen LogP contribution in [0.3, 0.4) is 0 Å². The fourth-order valence-corrected chi connectivity index (χ4v) is 4.63. The lowest BCUT2D eigenvalue weighted by Gasteiger charge is -2.39. The van der Waals surface area contributed by atoms with Crippen LogP contribution in [0.25, 0.3) is 11.3 Å². The molecule has 2 N–H and O–H groups in total. The molecule has 2 atom stereocenters. The average molecular weight is 509 g/mol. The van der Waals surface area contributed by atoms with Crippen LogP contribution in [0.1, 0.15) is 43.6 Å². The van der Waals surface area contributed by atoms with E-state index < -0.39 is 46.4 Å². The number of nitrogens with zero attached hydrogens (tertiary/aromatic N) is 2. The number of carbonyl (C=O) groups excluding carboxylic acids is 2. The Morgan fingerprint density at radius 2 is 1.86 bits per heavy atom. The zero-order chi connectivity index (χ0) is 26.0. The van der Waals surface area contributed by atoms with Crippen LogP contribution in [0, 0.1) is 29.3 Å². The molecule has 4 rings (SSSR count). The minimum Gasteiger partial charge on any atom is -0.382 e. The number of piperidine rings is 1.